The molecule has 0 bridgehead atoms. The lowest BCUT2D eigenvalue weighted by Gasteiger charge is -2.11. The van der Waals surface area contributed by atoms with Crippen molar-refractivity contribution in [2.45, 2.75) is 6.42 Å². The van der Waals surface area contributed by atoms with E-state index >= 15 is 0 Å². The molecule has 0 fully saturated rings. The second kappa shape index (κ2) is 10.9. The Bertz CT molecular complexity index is 748. The second-order valence-electron chi connectivity index (χ2n) is 5.36. The molecule has 0 radical (unpaired) electrons. The first kappa shape index (κ1) is 19.5. The third-order valence-corrected chi connectivity index (χ3v) is 3.70. The summed E-state index contributed by atoms with van der Waals surface area (Å²) < 4.78 is 11.3. The highest BCUT2D eigenvalue weighted by Crippen LogP contribution is 2.27. The van der Waals surface area contributed by atoms with Crippen molar-refractivity contribution in [3.05, 3.63) is 72.3 Å². The minimum absolute atomic E-state index is 0.439. The van der Waals surface area contributed by atoms with E-state index < -0.39 is 0 Å². The van der Waals surface area contributed by atoms with Crippen LogP contribution < -0.4 is 20.2 Å². The lowest BCUT2D eigenvalue weighted by atomic mass is 10.2. The van der Waals surface area contributed by atoms with Crippen molar-refractivity contribution < 1.29 is 9.47 Å². The first-order valence-electron chi connectivity index (χ1n) is 8.25. The molecular weight excluding hydrogens is 346 g/mol. The minimum atomic E-state index is 0.439. The normalized spacial score (nSPS) is 10.3. The summed E-state index contributed by atoms with van der Waals surface area (Å²) in [5.41, 5.74) is 4.85. The zero-order valence-electron chi connectivity index (χ0n) is 14.8. The largest absolute Gasteiger partial charge is 0.493 e. The Balaban J connectivity index is 1.89. The molecule has 0 aliphatic heterocycles. The van der Waals surface area contributed by atoms with Gasteiger partial charge in [-0.1, -0.05) is 36.4 Å². The summed E-state index contributed by atoms with van der Waals surface area (Å²) in [7, 11) is 1.62. The van der Waals surface area contributed by atoms with Gasteiger partial charge < -0.3 is 14.8 Å². The van der Waals surface area contributed by atoms with Crippen LogP contribution >= 0.6 is 12.2 Å². The Kier molecular flexibility index (Phi) is 8.15. The van der Waals surface area contributed by atoms with Crippen LogP contribution in [0.15, 0.2) is 66.3 Å². The predicted octanol–water partition coefficient (Wildman–Crippen LogP) is 3.30. The average molecular weight is 369 g/mol. The van der Waals surface area contributed by atoms with Crippen LogP contribution in [-0.4, -0.2) is 31.6 Å². The van der Waals surface area contributed by atoms with Gasteiger partial charge in [0.05, 0.1) is 19.9 Å². The predicted molar refractivity (Wildman–Crippen MR) is 110 cm³/mol. The first-order chi connectivity index (χ1) is 12.7. The smallest absolute Gasteiger partial charge is 0.187 e. The first-order valence-corrected chi connectivity index (χ1v) is 8.66. The molecule has 0 aromatic heterocycles. The molecule has 6 heteroatoms. The van der Waals surface area contributed by atoms with E-state index in [9.17, 15) is 0 Å². The fourth-order valence-corrected chi connectivity index (χ4v) is 2.31. The van der Waals surface area contributed by atoms with Crippen LogP contribution in [0.5, 0.6) is 11.5 Å². The molecule has 26 heavy (non-hydrogen) atoms. The fraction of sp³-hybridized carbons (Fsp3) is 0.200. The van der Waals surface area contributed by atoms with Crippen LogP contribution in [0.4, 0.5) is 0 Å². The molecule has 2 N–H and O–H groups in total. The highest BCUT2D eigenvalue weighted by molar-refractivity contribution is 7.80. The molecule has 0 unspecified atom stereocenters. The number of nitrogens with one attached hydrogen (secondary N) is 2. The van der Waals surface area contributed by atoms with Gasteiger partial charge >= 0.3 is 0 Å². The molecule has 0 saturated carbocycles. The van der Waals surface area contributed by atoms with Crippen molar-refractivity contribution in [1.82, 2.24) is 10.7 Å². The molecular formula is C20H23N3O2S. The maximum atomic E-state index is 5.85. The standard InChI is InChI=1S/C20H23N3O2S/c1-3-12-21-20(26)23-22-15-17-9-10-18(19(14-17)24-2)25-13-11-16-7-5-4-6-8-16/h3-10,14-15H,1,11-13H2,2H3,(H2,21,23,26)/b22-15+. The van der Waals surface area contributed by atoms with Gasteiger partial charge in [-0.2, -0.15) is 5.10 Å². The van der Waals surface area contributed by atoms with Crippen molar-refractivity contribution in [2.24, 2.45) is 5.10 Å². The molecule has 0 heterocycles. The van der Waals surface area contributed by atoms with Gasteiger partial charge in [0.15, 0.2) is 16.6 Å². The monoisotopic (exact) mass is 369 g/mol. The van der Waals surface area contributed by atoms with Crippen LogP contribution in [-0.2, 0) is 6.42 Å². The Labute approximate surface area is 159 Å². The van der Waals surface area contributed by atoms with Gasteiger partial charge in [0, 0.05) is 13.0 Å². The molecule has 0 atom stereocenters. The van der Waals surface area contributed by atoms with E-state index in [1.807, 2.05) is 36.4 Å². The second-order valence-corrected chi connectivity index (χ2v) is 5.77. The van der Waals surface area contributed by atoms with Gasteiger partial charge in [-0.3, -0.25) is 5.43 Å². The number of ether oxygens (including phenoxy) is 2. The Hall–Kier alpha value is -2.86. The number of methoxy groups -OCH3 is 1. The summed E-state index contributed by atoms with van der Waals surface area (Å²) in [4.78, 5) is 0. The number of hydrazone groups is 1. The van der Waals surface area contributed by atoms with Crippen molar-refractivity contribution in [3.8, 4) is 11.5 Å². The van der Waals surface area contributed by atoms with E-state index in [4.69, 9.17) is 21.7 Å². The van der Waals surface area contributed by atoms with Crippen LogP contribution in [0, 0.1) is 0 Å². The molecule has 5 nitrogen and oxygen atoms in total. The summed E-state index contributed by atoms with van der Waals surface area (Å²) in [6, 6.07) is 15.9. The van der Waals surface area contributed by atoms with Gasteiger partial charge in [-0.05, 0) is 41.5 Å². The van der Waals surface area contributed by atoms with Crippen molar-refractivity contribution in [1.29, 1.82) is 0 Å². The quantitative estimate of drug-likeness (QED) is 0.307. The van der Waals surface area contributed by atoms with Gasteiger partial charge in [-0.25, -0.2) is 0 Å². The van der Waals surface area contributed by atoms with E-state index in [-0.39, 0.29) is 0 Å². The summed E-state index contributed by atoms with van der Waals surface area (Å²) in [5.74, 6) is 1.37. The van der Waals surface area contributed by atoms with Crippen LogP contribution in [0.3, 0.4) is 0 Å². The molecule has 0 aliphatic rings. The maximum Gasteiger partial charge on any atom is 0.187 e. The average Bonchev–Trinajstić information content (AvgIpc) is 2.68. The molecule has 2 rings (SSSR count). The third-order valence-electron chi connectivity index (χ3n) is 3.47. The SMILES string of the molecule is C=CCNC(=S)N/N=C/c1ccc(OCCc2ccccc2)c(OC)c1. The zero-order valence-corrected chi connectivity index (χ0v) is 15.6. The molecule has 0 spiro atoms. The van der Waals surface area contributed by atoms with Gasteiger partial charge in [-0.15, -0.1) is 6.58 Å². The lowest BCUT2D eigenvalue weighted by Crippen LogP contribution is -2.31. The minimum Gasteiger partial charge on any atom is -0.493 e. The molecule has 0 saturated heterocycles. The van der Waals surface area contributed by atoms with E-state index in [1.165, 1.54) is 5.56 Å². The number of rotatable bonds is 9. The summed E-state index contributed by atoms with van der Waals surface area (Å²) in [6.07, 6.45) is 4.23. The number of thiocarbonyl (C=S) groups is 1. The molecule has 2 aromatic rings. The van der Waals surface area contributed by atoms with Gasteiger partial charge in [0.2, 0.25) is 0 Å². The van der Waals surface area contributed by atoms with Crippen molar-refractivity contribution in [2.75, 3.05) is 20.3 Å². The Morgan fingerprint density at radius 1 is 1.19 bits per heavy atom. The summed E-state index contributed by atoms with van der Waals surface area (Å²) >= 11 is 5.06. The summed E-state index contributed by atoms with van der Waals surface area (Å²) in [6.45, 7) is 4.78. The van der Waals surface area contributed by atoms with Crippen molar-refractivity contribution in [3.63, 3.8) is 0 Å². The third kappa shape index (κ3) is 6.57. The van der Waals surface area contributed by atoms with E-state index in [0.717, 1.165) is 12.0 Å². The van der Waals surface area contributed by atoms with E-state index in [2.05, 4.69) is 34.6 Å². The number of hydrogen-bond acceptors (Lipinski definition) is 4. The Morgan fingerprint density at radius 3 is 2.73 bits per heavy atom. The number of benzene rings is 2. The Morgan fingerprint density at radius 2 is 2.00 bits per heavy atom. The van der Waals surface area contributed by atoms with E-state index in [0.29, 0.717) is 29.8 Å². The molecule has 2 aromatic carbocycles. The van der Waals surface area contributed by atoms with Gasteiger partial charge in [0.1, 0.15) is 0 Å². The van der Waals surface area contributed by atoms with Crippen molar-refractivity contribution >= 4 is 23.5 Å². The lowest BCUT2D eigenvalue weighted by molar-refractivity contribution is 0.297. The van der Waals surface area contributed by atoms with Crippen LogP contribution in [0.25, 0.3) is 0 Å². The van der Waals surface area contributed by atoms with Crippen LogP contribution in [0.2, 0.25) is 0 Å². The number of hydrogen-bond donors (Lipinski definition) is 2. The zero-order chi connectivity index (χ0) is 18.6. The van der Waals surface area contributed by atoms with Gasteiger partial charge in [0.25, 0.3) is 0 Å². The highest BCUT2D eigenvalue weighted by atomic mass is 32.1. The molecule has 0 amide bonds. The maximum absolute atomic E-state index is 5.85. The van der Waals surface area contributed by atoms with Crippen LogP contribution in [0.1, 0.15) is 11.1 Å². The number of nitrogens with zero attached hydrogens (tertiary/aromatic N) is 1. The highest BCUT2D eigenvalue weighted by Gasteiger charge is 2.05. The molecule has 136 valence electrons. The molecule has 0 aliphatic carbocycles. The topological polar surface area (TPSA) is 54.9 Å². The van der Waals surface area contributed by atoms with E-state index in [1.54, 1.807) is 19.4 Å². The fourth-order valence-electron chi connectivity index (χ4n) is 2.18. The summed E-state index contributed by atoms with van der Waals surface area (Å²) in [5, 5.41) is 7.46.